The molecule has 25 heavy (non-hydrogen) atoms. The van der Waals surface area contributed by atoms with Crippen molar-refractivity contribution < 1.29 is 9.32 Å². The SMILES string of the molecule is Cn1nc(C(=O)N2CCC[C@@H](Cc3nc(C4CC4)no3)C2)ccc1=O. The topological polar surface area (TPSA) is 94.1 Å². The van der Waals surface area contributed by atoms with Crippen LogP contribution in [-0.4, -0.2) is 43.8 Å². The van der Waals surface area contributed by atoms with E-state index in [1.54, 1.807) is 11.9 Å². The van der Waals surface area contributed by atoms with E-state index in [1.807, 2.05) is 0 Å². The van der Waals surface area contributed by atoms with E-state index in [9.17, 15) is 9.59 Å². The van der Waals surface area contributed by atoms with Crippen molar-refractivity contribution in [3.8, 4) is 0 Å². The molecule has 1 aliphatic carbocycles. The van der Waals surface area contributed by atoms with Crippen molar-refractivity contribution in [3.05, 3.63) is 39.9 Å². The van der Waals surface area contributed by atoms with Gasteiger partial charge in [-0.05, 0) is 37.7 Å². The molecule has 0 bridgehead atoms. The minimum absolute atomic E-state index is 0.135. The first-order chi connectivity index (χ1) is 12.1. The fourth-order valence-electron chi connectivity index (χ4n) is 3.30. The van der Waals surface area contributed by atoms with Crippen molar-refractivity contribution in [3.63, 3.8) is 0 Å². The number of hydrogen-bond donors (Lipinski definition) is 0. The number of nitrogens with zero attached hydrogens (tertiary/aromatic N) is 5. The van der Waals surface area contributed by atoms with E-state index >= 15 is 0 Å². The number of carbonyl (C=O) groups is 1. The Labute approximate surface area is 144 Å². The maximum absolute atomic E-state index is 12.7. The number of piperidine rings is 1. The summed E-state index contributed by atoms with van der Waals surface area (Å²) in [7, 11) is 1.55. The summed E-state index contributed by atoms with van der Waals surface area (Å²) in [5, 5.41) is 8.11. The average molecular weight is 343 g/mol. The second kappa shape index (κ2) is 6.42. The van der Waals surface area contributed by atoms with E-state index in [2.05, 4.69) is 15.2 Å². The summed E-state index contributed by atoms with van der Waals surface area (Å²) >= 11 is 0. The van der Waals surface area contributed by atoms with Gasteiger partial charge in [-0.1, -0.05) is 5.16 Å². The zero-order valence-corrected chi connectivity index (χ0v) is 14.2. The molecule has 0 aromatic carbocycles. The first-order valence-corrected chi connectivity index (χ1v) is 8.76. The number of likely N-dealkylation sites (tertiary alicyclic amines) is 1. The second-order valence-corrected chi connectivity index (χ2v) is 6.96. The molecule has 1 saturated carbocycles. The quantitative estimate of drug-likeness (QED) is 0.826. The third-order valence-corrected chi connectivity index (χ3v) is 4.88. The lowest BCUT2D eigenvalue weighted by molar-refractivity contribution is 0.0659. The van der Waals surface area contributed by atoms with Crippen LogP contribution >= 0.6 is 0 Å². The average Bonchev–Trinajstić information content (AvgIpc) is 3.37. The third-order valence-electron chi connectivity index (χ3n) is 4.88. The van der Waals surface area contributed by atoms with E-state index in [1.165, 1.54) is 16.8 Å². The summed E-state index contributed by atoms with van der Waals surface area (Å²) in [4.78, 5) is 30.4. The highest BCUT2D eigenvalue weighted by molar-refractivity contribution is 5.92. The molecule has 1 saturated heterocycles. The van der Waals surface area contributed by atoms with Crippen LogP contribution in [0.1, 0.15) is 53.8 Å². The van der Waals surface area contributed by atoms with Crippen LogP contribution in [0.4, 0.5) is 0 Å². The highest BCUT2D eigenvalue weighted by Crippen LogP contribution is 2.38. The van der Waals surface area contributed by atoms with Gasteiger partial charge in [-0.3, -0.25) is 9.59 Å². The zero-order chi connectivity index (χ0) is 17.4. The van der Waals surface area contributed by atoms with Crippen molar-refractivity contribution in [2.75, 3.05) is 13.1 Å². The van der Waals surface area contributed by atoms with Crippen molar-refractivity contribution >= 4 is 5.91 Å². The molecule has 0 unspecified atom stereocenters. The van der Waals surface area contributed by atoms with Gasteiger partial charge in [-0.25, -0.2) is 4.68 Å². The maximum Gasteiger partial charge on any atom is 0.274 e. The Bertz CT molecular complexity index is 839. The first kappa shape index (κ1) is 16.0. The van der Waals surface area contributed by atoms with Crippen LogP contribution in [0.15, 0.2) is 21.5 Å². The largest absolute Gasteiger partial charge is 0.339 e. The van der Waals surface area contributed by atoms with Crippen LogP contribution in [0.25, 0.3) is 0 Å². The molecule has 132 valence electrons. The van der Waals surface area contributed by atoms with Crippen molar-refractivity contribution in [2.45, 2.75) is 38.0 Å². The molecule has 4 rings (SSSR count). The molecule has 0 spiro atoms. The second-order valence-electron chi connectivity index (χ2n) is 6.96. The van der Waals surface area contributed by atoms with Gasteiger partial charge >= 0.3 is 0 Å². The Morgan fingerprint density at radius 1 is 1.32 bits per heavy atom. The van der Waals surface area contributed by atoms with E-state index < -0.39 is 0 Å². The van der Waals surface area contributed by atoms with E-state index in [0.717, 1.165) is 31.5 Å². The van der Waals surface area contributed by atoms with E-state index in [0.29, 0.717) is 42.9 Å². The van der Waals surface area contributed by atoms with Crippen molar-refractivity contribution in [1.29, 1.82) is 0 Å². The van der Waals surface area contributed by atoms with Gasteiger partial charge in [-0.2, -0.15) is 10.1 Å². The van der Waals surface area contributed by atoms with Gasteiger partial charge in [0.15, 0.2) is 5.82 Å². The predicted molar refractivity (Wildman–Crippen MR) is 88.1 cm³/mol. The van der Waals surface area contributed by atoms with Gasteiger partial charge < -0.3 is 9.42 Å². The van der Waals surface area contributed by atoms with Crippen molar-refractivity contribution in [1.82, 2.24) is 24.8 Å². The molecular weight excluding hydrogens is 322 g/mol. The number of carbonyl (C=O) groups excluding carboxylic acids is 1. The van der Waals surface area contributed by atoms with Gasteiger partial charge in [0.05, 0.1) is 0 Å². The van der Waals surface area contributed by atoms with Gasteiger partial charge in [0, 0.05) is 38.5 Å². The number of rotatable bonds is 4. The Morgan fingerprint density at radius 2 is 2.16 bits per heavy atom. The number of aromatic nitrogens is 4. The molecule has 8 nitrogen and oxygen atoms in total. The molecule has 8 heteroatoms. The monoisotopic (exact) mass is 343 g/mol. The number of amides is 1. The number of aryl methyl sites for hydroxylation is 1. The molecule has 1 amide bonds. The minimum atomic E-state index is -0.226. The van der Waals surface area contributed by atoms with Crippen LogP contribution < -0.4 is 5.56 Å². The summed E-state index contributed by atoms with van der Waals surface area (Å²) in [6.45, 7) is 1.35. The Kier molecular flexibility index (Phi) is 4.10. The van der Waals surface area contributed by atoms with Gasteiger partial charge in [0.1, 0.15) is 5.69 Å². The molecule has 2 aromatic heterocycles. The number of hydrogen-bond acceptors (Lipinski definition) is 6. The molecule has 1 aliphatic heterocycles. The van der Waals surface area contributed by atoms with Crippen LogP contribution in [0.5, 0.6) is 0 Å². The summed E-state index contributed by atoms with van der Waals surface area (Å²) in [6, 6.07) is 2.87. The lowest BCUT2D eigenvalue weighted by Gasteiger charge is -2.32. The molecular formula is C17H21N5O3. The highest BCUT2D eigenvalue weighted by atomic mass is 16.5. The minimum Gasteiger partial charge on any atom is -0.339 e. The van der Waals surface area contributed by atoms with Crippen LogP contribution in [0, 0.1) is 5.92 Å². The summed E-state index contributed by atoms with van der Waals surface area (Å²) in [5.74, 6) is 2.15. The molecule has 0 radical (unpaired) electrons. The fraction of sp³-hybridized carbons (Fsp3) is 0.588. The van der Waals surface area contributed by atoms with Crippen LogP contribution in [-0.2, 0) is 13.5 Å². The summed E-state index contributed by atoms with van der Waals surface area (Å²) in [5.41, 5.74) is 0.0764. The molecule has 1 atom stereocenters. The highest BCUT2D eigenvalue weighted by Gasteiger charge is 2.30. The van der Waals surface area contributed by atoms with E-state index in [4.69, 9.17) is 4.52 Å². The first-order valence-electron chi connectivity index (χ1n) is 8.76. The Morgan fingerprint density at radius 3 is 2.92 bits per heavy atom. The molecule has 0 N–H and O–H groups in total. The van der Waals surface area contributed by atoms with Crippen LogP contribution in [0.3, 0.4) is 0 Å². The van der Waals surface area contributed by atoms with Gasteiger partial charge in [0.25, 0.3) is 11.5 Å². The van der Waals surface area contributed by atoms with E-state index in [-0.39, 0.29) is 11.5 Å². The summed E-state index contributed by atoms with van der Waals surface area (Å²) < 4.78 is 6.55. The Hall–Kier alpha value is -2.51. The Balaban J connectivity index is 1.41. The van der Waals surface area contributed by atoms with Gasteiger partial charge in [-0.15, -0.1) is 0 Å². The lowest BCUT2D eigenvalue weighted by atomic mass is 9.94. The smallest absolute Gasteiger partial charge is 0.274 e. The van der Waals surface area contributed by atoms with Crippen LogP contribution in [0.2, 0.25) is 0 Å². The summed E-state index contributed by atoms with van der Waals surface area (Å²) in [6.07, 6.45) is 4.97. The normalized spacial score (nSPS) is 20.7. The molecule has 3 heterocycles. The van der Waals surface area contributed by atoms with Crippen molar-refractivity contribution in [2.24, 2.45) is 13.0 Å². The third kappa shape index (κ3) is 3.47. The molecule has 2 aromatic rings. The molecule has 2 aliphatic rings. The fourth-order valence-corrected chi connectivity index (χ4v) is 3.30. The zero-order valence-electron chi connectivity index (χ0n) is 14.2. The standard InChI is InChI=1S/C17H21N5O3/c1-21-15(23)7-6-13(19-21)17(24)22-8-2-3-11(10-22)9-14-18-16(20-25-14)12-4-5-12/h6-7,11-12H,2-5,8-10H2,1H3/t11-/m0/s1. The van der Waals surface area contributed by atoms with Gasteiger partial charge in [0.2, 0.25) is 5.89 Å². The predicted octanol–water partition coefficient (Wildman–Crippen LogP) is 1.14. The molecule has 2 fully saturated rings. The lowest BCUT2D eigenvalue weighted by Crippen LogP contribution is -2.41. The maximum atomic E-state index is 12.7.